The van der Waals surface area contributed by atoms with E-state index in [9.17, 15) is 9.90 Å². The van der Waals surface area contributed by atoms with Gasteiger partial charge in [0, 0.05) is 24.5 Å². The monoisotopic (exact) mass is 293 g/mol. The molecule has 3 nitrogen and oxygen atoms in total. The van der Waals surface area contributed by atoms with Gasteiger partial charge in [0.1, 0.15) is 0 Å². The highest BCUT2D eigenvalue weighted by Crippen LogP contribution is 2.30. The highest BCUT2D eigenvalue weighted by Gasteiger charge is 2.26. The van der Waals surface area contributed by atoms with Gasteiger partial charge in [0.15, 0.2) is 0 Å². The molecule has 2 unspecified atom stereocenters. The van der Waals surface area contributed by atoms with Gasteiger partial charge in [-0.15, -0.1) is 0 Å². The van der Waals surface area contributed by atoms with Crippen molar-refractivity contribution in [2.45, 2.75) is 25.0 Å². The number of hydrogen-bond donors (Lipinski definition) is 2. The highest BCUT2D eigenvalue weighted by atomic mass is 32.2. The van der Waals surface area contributed by atoms with Crippen LogP contribution in [0.1, 0.15) is 35.2 Å². The van der Waals surface area contributed by atoms with Gasteiger partial charge in [-0.1, -0.05) is 18.6 Å². The third-order valence-electron chi connectivity index (χ3n) is 4.08. The van der Waals surface area contributed by atoms with Crippen LogP contribution in [0, 0.1) is 11.8 Å². The summed E-state index contributed by atoms with van der Waals surface area (Å²) in [5.41, 5.74) is 1.91. The number of nitrogens with one attached hydrogen (secondary N) is 1. The van der Waals surface area contributed by atoms with E-state index < -0.39 is 0 Å². The number of carbonyl (C=O) groups is 1. The Morgan fingerprint density at radius 1 is 1.40 bits per heavy atom. The Morgan fingerprint density at radius 2 is 2.20 bits per heavy atom. The minimum absolute atomic E-state index is 0.00320. The topological polar surface area (TPSA) is 49.3 Å². The minimum atomic E-state index is -0.00320. The van der Waals surface area contributed by atoms with E-state index in [1.807, 2.05) is 24.3 Å². The first-order valence-corrected chi connectivity index (χ1v) is 8.61. The van der Waals surface area contributed by atoms with Crippen molar-refractivity contribution in [3.05, 3.63) is 35.4 Å². The van der Waals surface area contributed by atoms with Gasteiger partial charge < -0.3 is 10.4 Å². The summed E-state index contributed by atoms with van der Waals surface area (Å²) in [6.07, 6.45) is 5.41. The molecule has 1 saturated carbocycles. The molecule has 4 heteroatoms. The lowest BCUT2D eigenvalue weighted by molar-refractivity contribution is 0.0937. The largest absolute Gasteiger partial charge is 0.396 e. The molecule has 2 rings (SSSR count). The second kappa shape index (κ2) is 7.70. The van der Waals surface area contributed by atoms with E-state index in [1.165, 1.54) is 5.56 Å². The van der Waals surface area contributed by atoms with E-state index in [-0.39, 0.29) is 12.5 Å². The van der Waals surface area contributed by atoms with Gasteiger partial charge in [0.05, 0.1) is 0 Å². The second-order valence-corrected chi connectivity index (χ2v) is 6.34. The molecule has 1 aliphatic rings. The number of benzene rings is 1. The third kappa shape index (κ3) is 4.00. The number of thioether (sulfide) groups is 1. The van der Waals surface area contributed by atoms with Crippen LogP contribution < -0.4 is 5.32 Å². The molecule has 0 spiro atoms. The standard InChI is InChI=1S/C16H23NO2S/c1-20-11-12-4-2-5-13(8-12)16(19)17-9-14-6-3-7-15(14)10-18/h2,4-5,8,14-15,18H,3,6-7,9-11H2,1H3,(H,17,19). The van der Waals surface area contributed by atoms with E-state index >= 15 is 0 Å². The maximum atomic E-state index is 12.2. The maximum Gasteiger partial charge on any atom is 0.251 e. The lowest BCUT2D eigenvalue weighted by Crippen LogP contribution is -2.31. The summed E-state index contributed by atoms with van der Waals surface area (Å²) < 4.78 is 0. The molecule has 0 radical (unpaired) electrons. The molecule has 1 aromatic carbocycles. The molecule has 0 heterocycles. The van der Waals surface area contributed by atoms with Crippen LogP contribution in [0.4, 0.5) is 0 Å². The molecule has 0 saturated heterocycles. The van der Waals surface area contributed by atoms with Crippen LogP contribution in [0.15, 0.2) is 24.3 Å². The van der Waals surface area contributed by atoms with Gasteiger partial charge in [-0.05, 0) is 48.6 Å². The average Bonchev–Trinajstić information content (AvgIpc) is 2.93. The SMILES string of the molecule is CSCc1cccc(C(=O)NCC2CCCC2CO)c1. The lowest BCUT2D eigenvalue weighted by atomic mass is 9.97. The highest BCUT2D eigenvalue weighted by molar-refractivity contribution is 7.97. The maximum absolute atomic E-state index is 12.2. The van der Waals surface area contributed by atoms with Gasteiger partial charge in [0.2, 0.25) is 0 Å². The number of amides is 1. The van der Waals surface area contributed by atoms with Gasteiger partial charge >= 0.3 is 0 Å². The van der Waals surface area contributed by atoms with Crippen molar-refractivity contribution >= 4 is 17.7 Å². The van der Waals surface area contributed by atoms with E-state index in [2.05, 4.69) is 11.6 Å². The predicted molar refractivity (Wildman–Crippen MR) is 83.9 cm³/mol. The van der Waals surface area contributed by atoms with E-state index in [0.29, 0.717) is 18.4 Å². The molecule has 2 N–H and O–H groups in total. The molecule has 0 bridgehead atoms. The van der Waals surface area contributed by atoms with Gasteiger partial charge in [-0.2, -0.15) is 11.8 Å². The van der Waals surface area contributed by atoms with Crippen LogP contribution in [-0.4, -0.2) is 30.4 Å². The van der Waals surface area contributed by atoms with Crippen molar-refractivity contribution in [1.29, 1.82) is 0 Å². The average molecular weight is 293 g/mol. The second-order valence-electron chi connectivity index (χ2n) is 5.48. The first kappa shape index (κ1) is 15.4. The fraction of sp³-hybridized carbons (Fsp3) is 0.562. The van der Waals surface area contributed by atoms with Gasteiger partial charge in [0.25, 0.3) is 5.91 Å². The Bertz CT molecular complexity index is 450. The zero-order chi connectivity index (χ0) is 14.4. The normalized spacial score (nSPS) is 21.9. The summed E-state index contributed by atoms with van der Waals surface area (Å²) in [5.74, 6) is 1.71. The molecule has 2 atom stereocenters. The van der Waals surface area contributed by atoms with Crippen molar-refractivity contribution in [3.8, 4) is 0 Å². The molecule has 1 aromatic rings. The van der Waals surface area contributed by atoms with Crippen LogP contribution in [0.3, 0.4) is 0 Å². The zero-order valence-corrected chi connectivity index (χ0v) is 12.8. The number of hydrogen-bond acceptors (Lipinski definition) is 3. The van der Waals surface area contributed by atoms with E-state index in [4.69, 9.17) is 0 Å². The third-order valence-corrected chi connectivity index (χ3v) is 4.70. The fourth-order valence-electron chi connectivity index (χ4n) is 2.92. The van der Waals surface area contributed by atoms with Crippen molar-refractivity contribution in [2.24, 2.45) is 11.8 Å². The molecule has 0 aliphatic heterocycles. The summed E-state index contributed by atoms with van der Waals surface area (Å²) in [6.45, 7) is 0.917. The van der Waals surface area contributed by atoms with Crippen LogP contribution >= 0.6 is 11.8 Å². The molecular formula is C16H23NO2S. The quantitative estimate of drug-likeness (QED) is 0.848. The molecule has 0 aromatic heterocycles. The number of rotatable bonds is 6. The number of aliphatic hydroxyl groups is 1. The zero-order valence-electron chi connectivity index (χ0n) is 12.0. The lowest BCUT2D eigenvalue weighted by Gasteiger charge is -2.17. The van der Waals surface area contributed by atoms with Crippen molar-refractivity contribution < 1.29 is 9.90 Å². The smallest absolute Gasteiger partial charge is 0.251 e. The fourth-order valence-corrected chi connectivity index (χ4v) is 3.43. The number of aliphatic hydroxyl groups excluding tert-OH is 1. The van der Waals surface area contributed by atoms with E-state index in [1.54, 1.807) is 11.8 Å². The van der Waals surface area contributed by atoms with Crippen LogP contribution in [0.25, 0.3) is 0 Å². The first-order valence-electron chi connectivity index (χ1n) is 7.21. The van der Waals surface area contributed by atoms with Crippen molar-refractivity contribution in [3.63, 3.8) is 0 Å². The Hall–Kier alpha value is -1.00. The molecule has 1 fully saturated rings. The minimum Gasteiger partial charge on any atom is -0.396 e. The Labute approximate surface area is 125 Å². The molecule has 1 amide bonds. The summed E-state index contributed by atoms with van der Waals surface area (Å²) in [5, 5.41) is 12.3. The van der Waals surface area contributed by atoms with E-state index in [0.717, 1.165) is 30.6 Å². The number of carbonyl (C=O) groups excluding carboxylic acids is 1. The van der Waals surface area contributed by atoms with Gasteiger partial charge in [-0.3, -0.25) is 4.79 Å². The van der Waals surface area contributed by atoms with Crippen molar-refractivity contribution in [1.82, 2.24) is 5.32 Å². The Morgan fingerprint density at radius 3 is 2.95 bits per heavy atom. The summed E-state index contributed by atoms with van der Waals surface area (Å²) in [4.78, 5) is 12.2. The molecule has 20 heavy (non-hydrogen) atoms. The predicted octanol–water partition coefficient (Wildman–Crippen LogP) is 2.69. The van der Waals surface area contributed by atoms with Crippen LogP contribution in [0.2, 0.25) is 0 Å². The molecular weight excluding hydrogens is 270 g/mol. The van der Waals surface area contributed by atoms with Crippen LogP contribution in [0.5, 0.6) is 0 Å². The summed E-state index contributed by atoms with van der Waals surface area (Å²) in [6, 6.07) is 7.81. The summed E-state index contributed by atoms with van der Waals surface area (Å²) in [7, 11) is 0. The molecule has 110 valence electrons. The Kier molecular flexibility index (Phi) is 5.92. The van der Waals surface area contributed by atoms with Crippen LogP contribution in [-0.2, 0) is 5.75 Å². The first-order chi connectivity index (χ1) is 9.74. The van der Waals surface area contributed by atoms with Crippen molar-refractivity contribution in [2.75, 3.05) is 19.4 Å². The molecule has 1 aliphatic carbocycles. The summed E-state index contributed by atoms with van der Waals surface area (Å²) >= 11 is 1.75. The Balaban J connectivity index is 1.89. The van der Waals surface area contributed by atoms with Gasteiger partial charge in [-0.25, -0.2) is 0 Å².